The van der Waals surface area contributed by atoms with Gasteiger partial charge in [-0.25, -0.2) is 4.39 Å². The first-order valence-corrected chi connectivity index (χ1v) is 4.45. The summed E-state index contributed by atoms with van der Waals surface area (Å²) in [7, 11) is 1.77. The highest BCUT2D eigenvalue weighted by Gasteiger charge is 2.08. The molecule has 4 heteroatoms. The minimum Gasteiger partial charge on any atom is -0.298 e. The van der Waals surface area contributed by atoms with Gasteiger partial charge in [-0.3, -0.25) is 9.48 Å². The van der Waals surface area contributed by atoms with Gasteiger partial charge in [0.2, 0.25) is 0 Å². The molecule has 0 bridgehead atoms. The van der Waals surface area contributed by atoms with Crippen molar-refractivity contribution in [1.29, 1.82) is 0 Å². The van der Waals surface area contributed by atoms with E-state index in [1.165, 1.54) is 12.1 Å². The van der Waals surface area contributed by atoms with Crippen LogP contribution in [0.15, 0.2) is 30.5 Å². The molecule has 2 rings (SSSR count). The average molecular weight is 204 g/mol. The van der Waals surface area contributed by atoms with Crippen molar-refractivity contribution in [1.82, 2.24) is 9.78 Å². The zero-order valence-corrected chi connectivity index (χ0v) is 8.14. The van der Waals surface area contributed by atoms with Crippen molar-refractivity contribution in [2.24, 2.45) is 7.05 Å². The molecule has 0 fully saturated rings. The number of aldehydes is 1. The summed E-state index contributed by atoms with van der Waals surface area (Å²) in [6.45, 7) is 0. The molecule has 0 N–H and O–H groups in total. The lowest BCUT2D eigenvalue weighted by Gasteiger charge is -2.04. The van der Waals surface area contributed by atoms with E-state index in [1.807, 2.05) is 0 Å². The number of nitrogens with zero attached hydrogens (tertiary/aromatic N) is 2. The number of carbonyl (C=O) groups is 1. The highest BCUT2D eigenvalue weighted by Crippen LogP contribution is 2.22. The maximum Gasteiger partial charge on any atom is 0.150 e. The van der Waals surface area contributed by atoms with E-state index >= 15 is 0 Å². The van der Waals surface area contributed by atoms with E-state index in [4.69, 9.17) is 0 Å². The maximum atomic E-state index is 12.9. The lowest BCUT2D eigenvalue weighted by atomic mass is 10.1. The van der Waals surface area contributed by atoms with Crippen LogP contribution >= 0.6 is 0 Å². The number of carbonyl (C=O) groups excluding carboxylic acids is 1. The summed E-state index contributed by atoms with van der Waals surface area (Å²) in [5, 5.41) is 4.00. The Balaban J connectivity index is 2.63. The first-order valence-electron chi connectivity index (χ1n) is 4.45. The molecule has 0 unspecified atom stereocenters. The van der Waals surface area contributed by atoms with Crippen LogP contribution in [0.1, 0.15) is 10.4 Å². The molecule has 0 radical (unpaired) electrons. The van der Waals surface area contributed by atoms with Crippen LogP contribution in [-0.4, -0.2) is 16.1 Å². The smallest absolute Gasteiger partial charge is 0.150 e. The number of hydrogen-bond acceptors (Lipinski definition) is 2. The molecule has 2 aromatic rings. The monoisotopic (exact) mass is 204 g/mol. The molecule has 1 aromatic heterocycles. The van der Waals surface area contributed by atoms with Crippen LogP contribution in [0.25, 0.3) is 11.3 Å². The third-order valence-electron chi connectivity index (χ3n) is 2.24. The molecule has 1 aromatic carbocycles. The molecule has 0 amide bonds. The van der Waals surface area contributed by atoms with Crippen molar-refractivity contribution in [3.8, 4) is 11.3 Å². The van der Waals surface area contributed by atoms with Crippen LogP contribution in [0.4, 0.5) is 4.39 Å². The summed E-state index contributed by atoms with van der Waals surface area (Å²) < 4.78 is 14.5. The molecule has 0 aliphatic rings. The van der Waals surface area contributed by atoms with Gasteiger partial charge in [0.15, 0.2) is 6.29 Å². The zero-order valence-electron chi connectivity index (χ0n) is 8.14. The summed E-state index contributed by atoms with van der Waals surface area (Å²) in [5.41, 5.74) is 1.81. The fourth-order valence-corrected chi connectivity index (χ4v) is 1.50. The molecule has 0 saturated carbocycles. The summed E-state index contributed by atoms with van der Waals surface area (Å²) >= 11 is 0. The van der Waals surface area contributed by atoms with Crippen LogP contribution in [0, 0.1) is 5.82 Å². The highest BCUT2D eigenvalue weighted by molar-refractivity contribution is 5.86. The third-order valence-corrected chi connectivity index (χ3v) is 2.24. The first kappa shape index (κ1) is 9.58. The molecule has 3 nitrogen and oxygen atoms in total. The number of benzene rings is 1. The summed E-state index contributed by atoms with van der Waals surface area (Å²) in [6.07, 6.45) is 2.28. The van der Waals surface area contributed by atoms with Crippen LogP contribution in [0.2, 0.25) is 0 Å². The molecule has 15 heavy (non-hydrogen) atoms. The van der Waals surface area contributed by atoms with Crippen molar-refractivity contribution in [3.63, 3.8) is 0 Å². The average Bonchev–Trinajstić information content (AvgIpc) is 2.64. The Morgan fingerprint density at radius 2 is 2.20 bits per heavy atom. The van der Waals surface area contributed by atoms with E-state index in [0.29, 0.717) is 17.4 Å². The number of hydrogen-bond donors (Lipinski definition) is 0. The SMILES string of the molecule is Cn1nccc1-c1ccc(F)cc1C=O. The molecule has 0 atom stereocenters. The minimum absolute atomic E-state index is 0.332. The normalized spacial score (nSPS) is 10.3. The second-order valence-corrected chi connectivity index (χ2v) is 3.19. The van der Waals surface area contributed by atoms with Gasteiger partial charge in [0.05, 0.1) is 5.69 Å². The van der Waals surface area contributed by atoms with Crippen molar-refractivity contribution >= 4 is 6.29 Å². The third kappa shape index (κ3) is 1.66. The highest BCUT2D eigenvalue weighted by atomic mass is 19.1. The second kappa shape index (κ2) is 3.65. The molecule has 0 aliphatic heterocycles. The number of aryl methyl sites for hydroxylation is 1. The molecular weight excluding hydrogens is 195 g/mol. The Bertz CT molecular complexity index is 505. The van der Waals surface area contributed by atoms with E-state index in [9.17, 15) is 9.18 Å². The number of halogens is 1. The molecule has 76 valence electrons. The van der Waals surface area contributed by atoms with Crippen LogP contribution in [0.5, 0.6) is 0 Å². The van der Waals surface area contributed by atoms with Gasteiger partial charge in [-0.15, -0.1) is 0 Å². The van der Waals surface area contributed by atoms with Crippen LogP contribution < -0.4 is 0 Å². The molecule has 0 spiro atoms. The molecular formula is C11H9FN2O. The van der Waals surface area contributed by atoms with Crippen molar-refractivity contribution in [3.05, 3.63) is 41.8 Å². The van der Waals surface area contributed by atoms with Crippen molar-refractivity contribution in [2.45, 2.75) is 0 Å². The Kier molecular flexibility index (Phi) is 2.33. The summed E-state index contributed by atoms with van der Waals surface area (Å²) in [4.78, 5) is 10.8. The Morgan fingerprint density at radius 1 is 1.40 bits per heavy atom. The van der Waals surface area contributed by atoms with Gasteiger partial charge in [0.25, 0.3) is 0 Å². The van der Waals surface area contributed by atoms with E-state index in [0.717, 1.165) is 5.69 Å². The van der Waals surface area contributed by atoms with Gasteiger partial charge < -0.3 is 0 Å². The Hall–Kier alpha value is -1.97. The lowest BCUT2D eigenvalue weighted by Crippen LogP contribution is -1.96. The standard InChI is InChI=1S/C11H9FN2O/c1-14-11(4-5-13-14)10-3-2-9(12)6-8(10)7-15/h2-7H,1H3. The zero-order chi connectivity index (χ0) is 10.8. The fourth-order valence-electron chi connectivity index (χ4n) is 1.50. The van der Waals surface area contributed by atoms with Gasteiger partial charge in [0, 0.05) is 24.4 Å². The topological polar surface area (TPSA) is 34.9 Å². The van der Waals surface area contributed by atoms with Gasteiger partial charge in [-0.2, -0.15) is 5.10 Å². The Morgan fingerprint density at radius 3 is 2.80 bits per heavy atom. The summed E-state index contributed by atoms with van der Waals surface area (Å²) in [6, 6.07) is 5.90. The van der Waals surface area contributed by atoms with Gasteiger partial charge in [-0.05, 0) is 24.3 Å². The van der Waals surface area contributed by atoms with E-state index in [2.05, 4.69) is 5.10 Å². The number of rotatable bonds is 2. The molecule has 0 aliphatic carbocycles. The van der Waals surface area contributed by atoms with Gasteiger partial charge >= 0.3 is 0 Å². The lowest BCUT2D eigenvalue weighted by molar-refractivity contribution is 0.112. The fraction of sp³-hybridized carbons (Fsp3) is 0.0909. The van der Waals surface area contributed by atoms with E-state index < -0.39 is 5.82 Å². The van der Waals surface area contributed by atoms with Gasteiger partial charge in [0.1, 0.15) is 5.82 Å². The molecule has 0 saturated heterocycles. The largest absolute Gasteiger partial charge is 0.298 e. The predicted molar refractivity (Wildman–Crippen MR) is 54.0 cm³/mol. The maximum absolute atomic E-state index is 12.9. The van der Waals surface area contributed by atoms with Gasteiger partial charge in [-0.1, -0.05) is 0 Å². The van der Waals surface area contributed by atoms with Crippen LogP contribution in [0.3, 0.4) is 0 Å². The van der Waals surface area contributed by atoms with E-state index in [1.54, 1.807) is 30.1 Å². The van der Waals surface area contributed by atoms with Crippen molar-refractivity contribution < 1.29 is 9.18 Å². The first-order chi connectivity index (χ1) is 7.22. The molecule has 1 heterocycles. The van der Waals surface area contributed by atoms with E-state index in [-0.39, 0.29) is 0 Å². The predicted octanol–water partition coefficient (Wildman–Crippen LogP) is 2.04. The number of aromatic nitrogens is 2. The quantitative estimate of drug-likeness (QED) is 0.701. The van der Waals surface area contributed by atoms with Crippen LogP contribution in [-0.2, 0) is 7.05 Å². The Labute approximate surface area is 86.2 Å². The second-order valence-electron chi connectivity index (χ2n) is 3.19. The summed E-state index contributed by atoms with van der Waals surface area (Å²) in [5.74, 6) is -0.414. The van der Waals surface area contributed by atoms with Crippen molar-refractivity contribution in [2.75, 3.05) is 0 Å². The minimum atomic E-state index is -0.414.